The Bertz CT molecular complexity index is 540. The van der Waals surface area contributed by atoms with Gasteiger partial charge in [-0.25, -0.2) is 0 Å². The maximum atomic E-state index is 5.96. The minimum absolute atomic E-state index is 0.841. The molecule has 3 heteroatoms. The zero-order valence-electron chi connectivity index (χ0n) is 10.6. The van der Waals surface area contributed by atoms with Crippen LogP contribution in [0.5, 0.6) is 5.75 Å². The highest BCUT2D eigenvalue weighted by molar-refractivity contribution is 7.98. The Morgan fingerprint density at radius 3 is 2.78 bits per heavy atom. The van der Waals surface area contributed by atoms with Crippen LogP contribution in [0.4, 0.5) is 5.69 Å². The number of ether oxygens (including phenoxy) is 1. The molecular formula is C15H17NOS. The van der Waals surface area contributed by atoms with E-state index in [0.717, 1.165) is 22.1 Å². The largest absolute Gasteiger partial charge is 0.497 e. The van der Waals surface area contributed by atoms with Gasteiger partial charge in [0.1, 0.15) is 5.75 Å². The van der Waals surface area contributed by atoms with Crippen LogP contribution in [0.1, 0.15) is 11.1 Å². The molecule has 2 aromatic carbocycles. The first-order valence-corrected chi connectivity index (χ1v) is 6.79. The van der Waals surface area contributed by atoms with E-state index in [0.29, 0.717) is 0 Å². The molecule has 0 aromatic heterocycles. The Morgan fingerprint density at radius 2 is 2.00 bits per heavy atom. The average molecular weight is 259 g/mol. The first kappa shape index (κ1) is 12.8. The van der Waals surface area contributed by atoms with Crippen molar-refractivity contribution in [2.45, 2.75) is 17.6 Å². The summed E-state index contributed by atoms with van der Waals surface area (Å²) in [6.45, 7) is 2.08. The monoisotopic (exact) mass is 259 g/mol. The molecule has 18 heavy (non-hydrogen) atoms. The Balaban J connectivity index is 2.08. The molecule has 0 aliphatic heterocycles. The zero-order valence-corrected chi connectivity index (χ0v) is 11.5. The summed E-state index contributed by atoms with van der Waals surface area (Å²) < 4.78 is 5.22. The smallest absolute Gasteiger partial charge is 0.119 e. The highest BCUT2D eigenvalue weighted by Crippen LogP contribution is 2.29. The molecule has 0 unspecified atom stereocenters. The minimum atomic E-state index is 0.841. The van der Waals surface area contributed by atoms with Crippen molar-refractivity contribution in [2.24, 2.45) is 0 Å². The van der Waals surface area contributed by atoms with Gasteiger partial charge in [0, 0.05) is 16.3 Å². The predicted molar refractivity (Wildman–Crippen MR) is 78.1 cm³/mol. The van der Waals surface area contributed by atoms with Crippen LogP contribution in [0.2, 0.25) is 0 Å². The third kappa shape index (κ3) is 3.20. The highest BCUT2D eigenvalue weighted by Gasteiger charge is 2.02. The normalized spacial score (nSPS) is 10.3. The van der Waals surface area contributed by atoms with Crippen molar-refractivity contribution in [1.82, 2.24) is 0 Å². The summed E-state index contributed by atoms with van der Waals surface area (Å²) in [5.41, 5.74) is 9.28. The molecule has 0 saturated heterocycles. The van der Waals surface area contributed by atoms with Crippen molar-refractivity contribution in [1.29, 1.82) is 0 Å². The maximum Gasteiger partial charge on any atom is 0.119 e. The molecule has 0 aliphatic rings. The zero-order chi connectivity index (χ0) is 13.0. The fraction of sp³-hybridized carbons (Fsp3) is 0.200. The second-order valence-corrected chi connectivity index (χ2v) is 5.20. The lowest BCUT2D eigenvalue weighted by molar-refractivity contribution is 0.414. The standard InChI is InChI=1S/C15H17NOS/c1-11-6-7-14(16)15(8-11)18-10-12-4-3-5-13(9-12)17-2/h3-9H,10,16H2,1-2H3. The summed E-state index contributed by atoms with van der Waals surface area (Å²) in [4.78, 5) is 1.14. The van der Waals surface area contributed by atoms with Gasteiger partial charge in [-0.15, -0.1) is 11.8 Å². The van der Waals surface area contributed by atoms with E-state index >= 15 is 0 Å². The summed E-state index contributed by atoms with van der Waals surface area (Å²) in [6, 6.07) is 14.2. The van der Waals surface area contributed by atoms with E-state index in [-0.39, 0.29) is 0 Å². The summed E-state index contributed by atoms with van der Waals surface area (Å²) in [5.74, 6) is 1.79. The lowest BCUT2D eigenvalue weighted by Gasteiger charge is -2.07. The number of anilines is 1. The van der Waals surface area contributed by atoms with Crippen molar-refractivity contribution in [3.05, 3.63) is 53.6 Å². The van der Waals surface area contributed by atoms with E-state index in [2.05, 4.69) is 25.1 Å². The second kappa shape index (κ2) is 5.83. The molecule has 0 atom stereocenters. The van der Waals surface area contributed by atoms with Gasteiger partial charge in [0.2, 0.25) is 0 Å². The van der Waals surface area contributed by atoms with Crippen LogP contribution in [0.25, 0.3) is 0 Å². The van der Waals surface area contributed by atoms with Gasteiger partial charge in [0.05, 0.1) is 7.11 Å². The molecule has 0 aliphatic carbocycles. The van der Waals surface area contributed by atoms with Crippen LogP contribution in [0.15, 0.2) is 47.4 Å². The predicted octanol–water partition coefficient (Wildman–Crippen LogP) is 3.88. The molecule has 94 valence electrons. The van der Waals surface area contributed by atoms with Gasteiger partial charge in [-0.3, -0.25) is 0 Å². The average Bonchev–Trinajstić information content (AvgIpc) is 2.40. The van der Waals surface area contributed by atoms with E-state index in [9.17, 15) is 0 Å². The number of nitrogens with two attached hydrogens (primary N) is 1. The fourth-order valence-corrected chi connectivity index (χ4v) is 2.70. The van der Waals surface area contributed by atoms with E-state index < -0.39 is 0 Å². The van der Waals surface area contributed by atoms with Gasteiger partial charge < -0.3 is 10.5 Å². The van der Waals surface area contributed by atoms with Crippen molar-refractivity contribution in [3.63, 3.8) is 0 Å². The summed E-state index contributed by atoms with van der Waals surface area (Å²) in [7, 11) is 1.69. The van der Waals surface area contributed by atoms with E-state index in [1.807, 2.05) is 24.3 Å². The van der Waals surface area contributed by atoms with E-state index in [4.69, 9.17) is 10.5 Å². The Kier molecular flexibility index (Phi) is 4.15. The number of hydrogen-bond donors (Lipinski definition) is 1. The number of benzene rings is 2. The van der Waals surface area contributed by atoms with Gasteiger partial charge in [-0.05, 0) is 42.3 Å². The fourth-order valence-electron chi connectivity index (χ4n) is 1.69. The van der Waals surface area contributed by atoms with Gasteiger partial charge in [0.25, 0.3) is 0 Å². The molecule has 0 amide bonds. The van der Waals surface area contributed by atoms with Crippen molar-refractivity contribution in [2.75, 3.05) is 12.8 Å². The maximum absolute atomic E-state index is 5.96. The lowest BCUT2D eigenvalue weighted by atomic mass is 10.2. The number of aryl methyl sites for hydroxylation is 1. The topological polar surface area (TPSA) is 35.2 Å². The molecule has 2 rings (SSSR count). The van der Waals surface area contributed by atoms with Crippen LogP contribution >= 0.6 is 11.8 Å². The molecule has 0 saturated carbocycles. The molecule has 2 aromatic rings. The third-order valence-electron chi connectivity index (χ3n) is 2.70. The van der Waals surface area contributed by atoms with Crippen LogP contribution in [-0.4, -0.2) is 7.11 Å². The van der Waals surface area contributed by atoms with E-state index in [1.54, 1.807) is 18.9 Å². The summed E-state index contributed by atoms with van der Waals surface area (Å²) in [6.07, 6.45) is 0. The van der Waals surface area contributed by atoms with Crippen LogP contribution < -0.4 is 10.5 Å². The van der Waals surface area contributed by atoms with Gasteiger partial charge in [0.15, 0.2) is 0 Å². The number of hydrogen-bond acceptors (Lipinski definition) is 3. The summed E-state index contributed by atoms with van der Waals surface area (Å²) >= 11 is 1.75. The van der Waals surface area contributed by atoms with Crippen LogP contribution in [0.3, 0.4) is 0 Å². The van der Waals surface area contributed by atoms with Crippen LogP contribution in [-0.2, 0) is 5.75 Å². The molecule has 2 nitrogen and oxygen atoms in total. The van der Waals surface area contributed by atoms with Gasteiger partial charge in [-0.1, -0.05) is 18.2 Å². The number of thioether (sulfide) groups is 1. The van der Waals surface area contributed by atoms with Crippen molar-refractivity contribution < 1.29 is 4.74 Å². The SMILES string of the molecule is COc1cccc(CSc2cc(C)ccc2N)c1. The Morgan fingerprint density at radius 1 is 1.17 bits per heavy atom. The van der Waals surface area contributed by atoms with Gasteiger partial charge in [-0.2, -0.15) is 0 Å². The number of rotatable bonds is 4. The molecule has 0 heterocycles. The molecule has 0 bridgehead atoms. The first-order valence-electron chi connectivity index (χ1n) is 5.81. The van der Waals surface area contributed by atoms with Crippen LogP contribution in [0, 0.1) is 6.92 Å². The van der Waals surface area contributed by atoms with Crippen molar-refractivity contribution >= 4 is 17.4 Å². The third-order valence-corrected chi connectivity index (χ3v) is 3.84. The highest BCUT2D eigenvalue weighted by atomic mass is 32.2. The Hall–Kier alpha value is -1.61. The van der Waals surface area contributed by atoms with Crippen molar-refractivity contribution in [3.8, 4) is 5.75 Å². The first-order chi connectivity index (χ1) is 8.69. The summed E-state index contributed by atoms with van der Waals surface area (Å²) in [5, 5.41) is 0. The van der Waals surface area contributed by atoms with E-state index in [1.165, 1.54) is 11.1 Å². The molecule has 2 N–H and O–H groups in total. The quantitative estimate of drug-likeness (QED) is 0.668. The van der Waals surface area contributed by atoms with Gasteiger partial charge >= 0.3 is 0 Å². The molecule has 0 radical (unpaired) electrons. The number of methoxy groups -OCH3 is 1. The lowest BCUT2D eigenvalue weighted by Crippen LogP contribution is -1.90. The minimum Gasteiger partial charge on any atom is -0.497 e. The number of nitrogen functional groups attached to an aromatic ring is 1. The molecule has 0 spiro atoms. The molecule has 0 fully saturated rings. The molecular weight excluding hydrogens is 242 g/mol. The Labute approximate surface area is 112 Å². The second-order valence-electron chi connectivity index (χ2n) is 4.18.